The zero-order chi connectivity index (χ0) is 13.5. The molecule has 2 heteroatoms. The predicted molar refractivity (Wildman–Crippen MR) is 80.2 cm³/mol. The molecule has 2 rings (SSSR count). The Morgan fingerprint density at radius 1 is 0.842 bits per heavy atom. The Hall–Kier alpha value is -1.96. The molecule has 19 heavy (non-hydrogen) atoms. The number of rotatable bonds is 5. The van der Waals surface area contributed by atoms with Crippen LogP contribution in [0.2, 0.25) is 0 Å². The molecule has 2 aromatic carbocycles. The maximum atomic E-state index is 4.24. The zero-order valence-corrected chi connectivity index (χ0v) is 11.6. The van der Waals surface area contributed by atoms with Crippen LogP contribution in [0.5, 0.6) is 0 Å². The first-order chi connectivity index (χ1) is 9.28. The minimum Gasteiger partial charge on any atom is -0.151 e. The average molecular weight is 252 g/mol. The summed E-state index contributed by atoms with van der Waals surface area (Å²) in [6.45, 7) is 4.51. The standard InChI is InChI=1S/C17H20N2/c1-3-14(2)13-15-9-11-17(12-10-15)19-18-16-7-5-4-6-8-16/h4-12,14H,3,13H2,1-2H3/b19-18+. The van der Waals surface area contributed by atoms with E-state index < -0.39 is 0 Å². The first-order valence-corrected chi connectivity index (χ1v) is 6.83. The third-order valence-corrected chi connectivity index (χ3v) is 3.25. The van der Waals surface area contributed by atoms with E-state index in [9.17, 15) is 0 Å². The first kappa shape index (κ1) is 13.5. The van der Waals surface area contributed by atoms with E-state index in [2.05, 4.69) is 36.2 Å². The zero-order valence-electron chi connectivity index (χ0n) is 11.6. The van der Waals surface area contributed by atoms with Crippen molar-refractivity contribution >= 4 is 11.4 Å². The average Bonchev–Trinajstić information content (AvgIpc) is 2.47. The SMILES string of the molecule is CCC(C)Cc1ccc(/N=N/c2ccccc2)cc1. The molecule has 1 atom stereocenters. The molecule has 0 spiro atoms. The summed E-state index contributed by atoms with van der Waals surface area (Å²) in [5, 5.41) is 8.45. The van der Waals surface area contributed by atoms with Crippen LogP contribution < -0.4 is 0 Å². The van der Waals surface area contributed by atoms with Gasteiger partial charge in [-0.05, 0) is 42.2 Å². The van der Waals surface area contributed by atoms with Crippen molar-refractivity contribution < 1.29 is 0 Å². The van der Waals surface area contributed by atoms with Gasteiger partial charge in [-0.2, -0.15) is 10.2 Å². The molecule has 0 aliphatic rings. The summed E-state index contributed by atoms with van der Waals surface area (Å²) < 4.78 is 0. The molecule has 2 nitrogen and oxygen atoms in total. The van der Waals surface area contributed by atoms with E-state index in [4.69, 9.17) is 0 Å². The lowest BCUT2D eigenvalue weighted by Gasteiger charge is -2.07. The van der Waals surface area contributed by atoms with Gasteiger partial charge in [0.15, 0.2) is 0 Å². The second-order valence-electron chi connectivity index (χ2n) is 4.92. The summed E-state index contributed by atoms with van der Waals surface area (Å²) in [5.74, 6) is 0.733. The molecular weight excluding hydrogens is 232 g/mol. The summed E-state index contributed by atoms with van der Waals surface area (Å²) >= 11 is 0. The van der Waals surface area contributed by atoms with Gasteiger partial charge in [0.1, 0.15) is 0 Å². The van der Waals surface area contributed by atoms with Crippen molar-refractivity contribution in [1.82, 2.24) is 0 Å². The molecule has 2 aromatic rings. The molecule has 0 radical (unpaired) electrons. The highest BCUT2D eigenvalue weighted by Crippen LogP contribution is 2.19. The molecule has 98 valence electrons. The minimum atomic E-state index is 0.733. The van der Waals surface area contributed by atoms with Crippen molar-refractivity contribution in [2.45, 2.75) is 26.7 Å². The molecule has 0 saturated carbocycles. The normalized spacial score (nSPS) is 12.7. The third kappa shape index (κ3) is 4.32. The topological polar surface area (TPSA) is 24.7 Å². The van der Waals surface area contributed by atoms with Crippen molar-refractivity contribution in [3.05, 3.63) is 60.2 Å². The maximum absolute atomic E-state index is 4.24. The summed E-state index contributed by atoms with van der Waals surface area (Å²) in [7, 11) is 0. The Balaban J connectivity index is 2.01. The first-order valence-electron chi connectivity index (χ1n) is 6.83. The summed E-state index contributed by atoms with van der Waals surface area (Å²) in [6, 6.07) is 18.1. The highest BCUT2D eigenvalue weighted by Gasteiger charge is 2.00. The van der Waals surface area contributed by atoms with Crippen molar-refractivity contribution in [3.63, 3.8) is 0 Å². The van der Waals surface area contributed by atoms with Gasteiger partial charge in [-0.3, -0.25) is 0 Å². The fraction of sp³-hybridized carbons (Fsp3) is 0.294. The van der Waals surface area contributed by atoms with Crippen LogP contribution in [0.3, 0.4) is 0 Å². The number of hydrogen-bond donors (Lipinski definition) is 0. The molecule has 0 heterocycles. The van der Waals surface area contributed by atoms with E-state index in [1.54, 1.807) is 0 Å². The Bertz CT molecular complexity index is 515. The van der Waals surface area contributed by atoms with Crippen LogP contribution in [0.25, 0.3) is 0 Å². The van der Waals surface area contributed by atoms with Gasteiger partial charge < -0.3 is 0 Å². The van der Waals surface area contributed by atoms with Crippen LogP contribution in [0, 0.1) is 5.92 Å². The Morgan fingerprint density at radius 2 is 1.42 bits per heavy atom. The largest absolute Gasteiger partial charge is 0.151 e. The third-order valence-electron chi connectivity index (χ3n) is 3.25. The van der Waals surface area contributed by atoms with Crippen LogP contribution >= 0.6 is 0 Å². The lowest BCUT2D eigenvalue weighted by molar-refractivity contribution is 0.560. The van der Waals surface area contributed by atoms with Gasteiger partial charge in [-0.1, -0.05) is 50.6 Å². The van der Waals surface area contributed by atoms with Crippen molar-refractivity contribution in [3.8, 4) is 0 Å². The summed E-state index contributed by atoms with van der Waals surface area (Å²) in [5.41, 5.74) is 3.15. The van der Waals surface area contributed by atoms with Gasteiger partial charge in [0.05, 0.1) is 11.4 Å². The fourth-order valence-electron chi connectivity index (χ4n) is 1.86. The van der Waals surface area contributed by atoms with Crippen LogP contribution in [0.15, 0.2) is 64.8 Å². The van der Waals surface area contributed by atoms with E-state index in [1.807, 2.05) is 42.5 Å². The van der Waals surface area contributed by atoms with Gasteiger partial charge in [-0.15, -0.1) is 0 Å². The maximum Gasteiger partial charge on any atom is 0.0857 e. The molecule has 0 fully saturated rings. The number of benzene rings is 2. The smallest absolute Gasteiger partial charge is 0.0857 e. The summed E-state index contributed by atoms with van der Waals surface area (Å²) in [6.07, 6.45) is 2.35. The quantitative estimate of drug-likeness (QED) is 0.611. The molecule has 0 amide bonds. The highest BCUT2D eigenvalue weighted by molar-refractivity contribution is 5.41. The molecule has 0 bridgehead atoms. The number of hydrogen-bond acceptors (Lipinski definition) is 2. The van der Waals surface area contributed by atoms with Crippen LogP contribution in [0.1, 0.15) is 25.8 Å². The van der Waals surface area contributed by atoms with E-state index >= 15 is 0 Å². The molecular formula is C17H20N2. The van der Waals surface area contributed by atoms with Crippen molar-refractivity contribution in [2.75, 3.05) is 0 Å². The predicted octanol–water partition coefficient (Wildman–Crippen LogP) is 5.69. The van der Waals surface area contributed by atoms with E-state index in [1.165, 1.54) is 12.0 Å². The Labute approximate surface area is 115 Å². The van der Waals surface area contributed by atoms with E-state index in [-0.39, 0.29) is 0 Å². The van der Waals surface area contributed by atoms with Gasteiger partial charge in [0, 0.05) is 0 Å². The molecule has 0 aliphatic carbocycles. The Kier molecular flexibility index (Phi) is 4.85. The number of azo groups is 1. The van der Waals surface area contributed by atoms with Crippen LogP contribution in [0.4, 0.5) is 11.4 Å². The van der Waals surface area contributed by atoms with Gasteiger partial charge >= 0.3 is 0 Å². The lowest BCUT2D eigenvalue weighted by atomic mass is 9.99. The molecule has 0 N–H and O–H groups in total. The minimum absolute atomic E-state index is 0.733. The van der Waals surface area contributed by atoms with E-state index in [0.29, 0.717) is 0 Å². The van der Waals surface area contributed by atoms with E-state index in [0.717, 1.165) is 23.7 Å². The molecule has 1 unspecified atom stereocenters. The molecule has 0 aliphatic heterocycles. The molecule has 0 saturated heterocycles. The fourth-order valence-corrected chi connectivity index (χ4v) is 1.86. The molecule has 0 aromatic heterocycles. The van der Waals surface area contributed by atoms with Gasteiger partial charge in [0.2, 0.25) is 0 Å². The van der Waals surface area contributed by atoms with Crippen LogP contribution in [-0.2, 0) is 6.42 Å². The van der Waals surface area contributed by atoms with Crippen molar-refractivity contribution in [2.24, 2.45) is 16.1 Å². The van der Waals surface area contributed by atoms with Crippen LogP contribution in [-0.4, -0.2) is 0 Å². The number of nitrogens with zero attached hydrogens (tertiary/aromatic N) is 2. The van der Waals surface area contributed by atoms with Crippen molar-refractivity contribution in [1.29, 1.82) is 0 Å². The highest BCUT2D eigenvalue weighted by atomic mass is 15.1. The second kappa shape index (κ2) is 6.83. The second-order valence-corrected chi connectivity index (χ2v) is 4.92. The van der Waals surface area contributed by atoms with Gasteiger partial charge in [-0.25, -0.2) is 0 Å². The lowest BCUT2D eigenvalue weighted by Crippen LogP contribution is -1.96. The van der Waals surface area contributed by atoms with Gasteiger partial charge in [0.25, 0.3) is 0 Å². The Morgan fingerprint density at radius 3 is 2.00 bits per heavy atom. The summed E-state index contributed by atoms with van der Waals surface area (Å²) in [4.78, 5) is 0. The monoisotopic (exact) mass is 252 g/mol.